The van der Waals surface area contributed by atoms with E-state index in [1.807, 2.05) is 0 Å². The van der Waals surface area contributed by atoms with Gasteiger partial charge in [0.2, 0.25) is 0 Å². The van der Waals surface area contributed by atoms with E-state index in [1.54, 1.807) is 12.1 Å². The number of rotatable bonds is 1. The summed E-state index contributed by atoms with van der Waals surface area (Å²) < 4.78 is 0. The Bertz CT molecular complexity index is 240. The average Bonchev–Trinajstić information content (AvgIpc) is 1.88. The van der Waals surface area contributed by atoms with Crippen LogP contribution in [-0.4, -0.2) is 11.1 Å². The zero-order chi connectivity index (χ0) is 7.56. The van der Waals surface area contributed by atoms with Crippen molar-refractivity contribution in [3.63, 3.8) is 0 Å². The molecule has 0 unspecified atom stereocenters. The van der Waals surface area contributed by atoms with E-state index in [2.05, 4.69) is 0 Å². The summed E-state index contributed by atoms with van der Waals surface area (Å²) in [6, 6.07) is 6.02. The molecule has 0 amide bonds. The Kier molecular flexibility index (Phi) is 1.92. The maximum absolute atomic E-state index is 10.3. The van der Waals surface area contributed by atoms with Gasteiger partial charge in [-0.05, 0) is 24.3 Å². The second-order valence-corrected chi connectivity index (χ2v) is 2.25. The molecule has 1 aromatic carbocycles. The Morgan fingerprint density at radius 2 is 1.80 bits per heavy atom. The largest absolute Gasteiger partial charge is 0.478 e. The molecule has 0 bridgehead atoms. The van der Waals surface area contributed by atoms with E-state index in [4.69, 9.17) is 16.7 Å². The molecule has 0 aromatic heterocycles. The fourth-order valence-corrected chi connectivity index (χ4v) is 0.718. The lowest BCUT2D eigenvalue weighted by Crippen LogP contribution is -1.94. The van der Waals surface area contributed by atoms with Gasteiger partial charge in [-0.3, -0.25) is 0 Å². The molecule has 1 rings (SSSR count). The van der Waals surface area contributed by atoms with E-state index in [0.29, 0.717) is 5.02 Å². The molecule has 10 heavy (non-hydrogen) atoms. The van der Waals surface area contributed by atoms with Gasteiger partial charge in [0.15, 0.2) is 0 Å². The predicted octanol–water partition coefficient (Wildman–Crippen LogP) is 2.04. The molecule has 0 fully saturated rings. The van der Waals surface area contributed by atoms with Crippen molar-refractivity contribution in [2.24, 2.45) is 0 Å². The Morgan fingerprint density at radius 3 is 2.20 bits per heavy atom. The van der Waals surface area contributed by atoms with Crippen molar-refractivity contribution in [3.8, 4) is 0 Å². The minimum Gasteiger partial charge on any atom is -0.478 e. The number of carboxylic acids is 1. The molecular weight excluding hydrogens is 157 g/mol. The Balaban J connectivity index is 3.00. The normalized spacial score (nSPS) is 9.30. The molecule has 0 aliphatic rings. The van der Waals surface area contributed by atoms with Crippen LogP contribution in [0.3, 0.4) is 0 Å². The number of hydrogen-bond acceptors (Lipinski definition) is 1. The molecule has 0 saturated heterocycles. The second-order valence-electron chi connectivity index (χ2n) is 1.81. The highest BCUT2D eigenvalue weighted by atomic mass is 35.5. The Hall–Kier alpha value is -1.02. The molecule has 1 N–H and O–H groups in total. The third-order valence-electron chi connectivity index (χ3n) is 1.09. The topological polar surface area (TPSA) is 37.3 Å². The predicted molar refractivity (Wildman–Crippen MR) is 38.4 cm³/mol. The molecule has 0 saturated carbocycles. The van der Waals surface area contributed by atoms with Crippen molar-refractivity contribution in [3.05, 3.63) is 34.9 Å². The van der Waals surface area contributed by atoms with Gasteiger partial charge in [0.05, 0.1) is 5.56 Å². The van der Waals surface area contributed by atoms with Gasteiger partial charge >= 0.3 is 5.97 Å². The third-order valence-corrected chi connectivity index (χ3v) is 1.34. The smallest absolute Gasteiger partial charge is 0.335 e. The van der Waals surface area contributed by atoms with Crippen molar-refractivity contribution >= 4 is 17.6 Å². The van der Waals surface area contributed by atoms with Crippen LogP contribution >= 0.6 is 11.6 Å². The number of aromatic carboxylic acids is 1. The Labute approximate surface area is 63.1 Å². The molecule has 0 atom stereocenters. The number of carboxylic acid groups (broad SMARTS) is 1. The summed E-state index contributed by atoms with van der Waals surface area (Å²) in [5.41, 5.74) is 0.254. The molecule has 52 valence electrons. The zero-order valence-corrected chi connectivity index (χ0v) is 5.80. The van der Waals surface area contributed by atoms with Crippen LogP contribution in [0.2, 0.25) is 5.02 Å². The summed E-state index contributed by atoms with van der Waals surface area (Å²) in [7, 11) is 0. The molecular formula is C7H5ClO2. The molecule has 0 heterocycles. The van der Waals surface area contributed by atoms with Crippen LogP contribution < -0.4 is 0 Å². The first kappa shape index (κ1) is 7.09. The summed E-state index contributed by atoms with van der Waals surface area (Å²) in [6.45, 7) is 0. The fraction of sp³-hybridized carbons (Fsp3) is 0. The fourth-order valence-electron chi connectivity index (χ4n) is 0.592. The molecule has 1 aromatic rings. The lowest BCUT2D eigenvalue weighted by molar-refractivity contribution is 0.0697. The molecule has 0 radical (unpaired) electrons. The second kappa shape index (κ2) is 2.71. The van der Waals surface area contributed by atoms with Gasteiger partial charge in [0.1, 0.15) is 0 Å². The van der Waals surface area contributed by atoms with Crippen LogP contribution in [0.25, 0.3) is 0 Å². The molecule has 2 nitrogen and oxygen atoms in total. The first-order chi connectivity index (χ1) is 4.70. The van der Waals surface area contributed by atoms with Crippen molar-refractivity contribution < 1.29 is 9.90 Å². The van der Waals surface area contributed by atoms with E-state index in [9.17, 15) is 4.79 Å². The monoisotopic (exact) mass is 162 g/mol. The highest BCUT2D eigenvalue weighted by Gasteiger charge is 1.99. The first-order valence-electron chi connectivity index (χ1n) is 2.69. The van der Waals surface area contributed by atoms with E-state index in [-0.39, 0.29) is 5.56 Å². The first-order valence-corrected chi connectivity index (χ1v) is 3.07. The van der Waals surface area contributed by atoms with Crippen LogP contribution in [-0.2, 0) is 0 Å². The highest BCUT2D eigenvalue weighted by Crippen LogP contribution is 2.08. The van der Waals surface area contributed by atoms with Crippen molar-refractivity contribution in [1.82, 2.24) is 0 Å². The number of halogens is 1. The maximum atomic E-state index is 10.3. The third kappa shape index (κ3) is 1.48. The molecule has 0 spiro atoms. The summed E-state index contributed by atoms with van der Waals surface area (Å²) >= 11 is 5.52. The van der Waals surface area contributed by atoms with Gasteiger partial charge < -0.3 is 5.11 Å². The van der Waals surface area contributed by atoms with E-state index in [0.717, 1.165) is 0 Å². The summed E-state index contributed by atoms with van der Waals surface area (Å²) in [5, 5.41) is 8.98. The van der Waals surface area contributed by atoms with Gasteiger partial charge in [0.25, 0.3) is 0 Å². The Morgan fingerprint density at radius 1 is 1.30 bits per heavy atom. The van der Waals surface area contributed by atoms with Crippen LogP contribution in [0.4, 0.5) is 0 Å². The van der Waals surface area contributed by atoms with Crippen LogP contribution in [0.1, 0.15) is 10.4 Å². The zero-order valence-electron chi connectivity index (χ0n) is 5.04. The summed E-state index contributed by atoms with van der Waals surface area (Å²) in [4.78, 5) is 10.3. The lowest BCUT2D eigenvalue weighted by Gasteiger charge is -1.91. The van der Waals surface area contributed by atoms with Crippen molar-refractivity contribution in [2.45, 2.75) is 0 Å². The van der Waals surface area contributed by atoms with Crippen molar-refractivity contribution in [2.75, 3.05) is 0 Å². The van der Waals surface area contributed by atoms with Gasteiger partial charge in [-0.2, -0.15) is 0 Å². The molecule has 0 aliphatic carbocycles. The van der Waals surface area contributed by atoms with Gasteiger partial charge in [-0.15, -0.1) is 0 Å². The minimum atomic E-state index is -0.934. The van der Waals surface area contributed by atoms with Gasteiger partial charge in [-0.1, -0.05) is 11.6 Å². The van der Waals surface area contributed by atoms with Crippen LogP contribution in [0, 0.1) is 0 Å². The van der Waals surface area contributed by atoms with E-state index >= 15 is 0 Å². The minimum absolute atomic E-state index is 0.254. The number of benzene rings is 1. The summed E-state index contributed by atoms with van der Waals surface area (Å²) in [5.74, 6) is -0.934. The van der Waals surface area contributed by atoms with E-state index in [1.165, 1.54) is 12.1 Å². The standard InChI is InChI=1S/C7H5ClO2/c8-6-3-1-5(2-4-6)7(9)10/h1-4H,(H,9,10)/i1+1,2+1,3+1,4+1,5+1,6+1. The molecule has 3 heteroatoms. The number of carbonyl (C=O) groups is 1. The van der Waals surface area contributed by atoms with Gasteiger partial charge in [-0.25, -0.2) is 4.79 Å². The SMILES string of the molecule is O=C(O)[13c]1[13cH][13cH][13c](Cl)[13cH][13cH]1. The van der Waals surface area contributed by atoms with Crippen LogP contribution in [0.5, 0.6) is 0 Å². The maximum Gasteiger partial charge on any atom is 0.335 e. The molecule has 0 aliphatic heterocycles. The average molecular weight is 163 g/mol. The van der Waals surface area contributed by atoms with E-state index < -0.39 is 5.97 Å². The lowest BCUT2D eigenvalue weighted by atomic mass is 10.9. The highest BCUT2D eigenvalue weighted by molar-refractivity contribution is 6.30. The van der Waals surface area contributed by atoms with Crippen molar-refractivity contribution in [1.29, 1.82) is 0 Å². The quantitative estimate of drug-likeness (QED) is 0.686. The van der Waals surface area contributed by atoms with Crippen LogP contribution in [0.15, 0.2) is 24.3 Å². The summed E-state index contributed by atoms with van der Waals surface area (Å²) in [6.07, 6.45) is 0. The van der Waals surface area contributed by atoms with Gasteiger partial charge in [0, 0.05) is 5.02 Å². The number of hydrogen-bond donors (Lipinski definition) is 1.